The molecule has 0 saturated carbocycles. The van der Waals surface area contributed by atoms with Crippen LogP contribution < -0.4 is 5.73 Å². The van der Waals surface area contributed by atoms with Gasteiger partial charge in [0.2, 0.25) is 0 Å². The minimum absolute atomic E-state index is 0.518. The third-order valence-corrected chi connectivity index (χ3v) is 3.11. The fraction of sp³-hybridized carbons (Fsp3) is 0.211. The zero-order chi connectivity index (χ0) is 15.7. The molecule has 0 radical (unpaired) electrons. The van der Waals surface area contributed by atoms with Gasteiger partial charge >= 0.3 is 0 Å². The van der Waals surface area contributed by atoms with Crippen LogP contribution >= 0.6 is 0 Å². The van der Waals surface area contributed by atoms with Crippen molar-refractivity contribution in [2.75, 3.05) is 0 Å². The highest BCUT2D eigenvalue weighted by molar-refractivity contribution is 5.97. The van der Waals surface area contributed by atoms with Gasteiger partial charge in [-0.15, -0.1) is 0 Å². The van der Waals surface area contributed by atoms with E-state index in [0.717, 1.165) is 11.1 Å². The van der Waals surface area contributed by atoms with Crippen LogP contribution in [0.15, 0.2) is 78.0 Å². The molecule has 0 aromatic heterocycles. The summed E-state index contributed by atoms with van der Waals surface area (Å²) in [5.41, 5.74) is 9.29. The zero-order valence-corrected chi connectivity index (χ0v) is 13.1. The van der Waals surface area contributed by atoms with E-state index in [-0.39, 0.29) is 0 Å². The van der Waals surface area contributed by atoms with E-state index in [0.29, 0.717) is 11.8 Å². The SMILES string of the molecule is C=C\C=C/C(/C=C/N=C(N)c1ccc(C(C)C)cc1)=C\C. The van der Waals surface area contributed by atoms with Crippen molar-refractivity contribution in [3.8, 4) is 0 Å². The van der Waals surface area contributed by atoms with Crippen molar-refractivity contribution in [3.05, 3.63) is 84.1 Å². The number of nitrogens with zero attached hydrogens (tertiary/aromatic N) is 1. The molecule has 0 fully saturated rings. The van der Waals surface area contributed by atoms with Crippen LogP contribution in [0.25, 0.3) is 0 Å². The molecule has 0 spiro atoms. The van der Waals surface area contributed by atoms with Crippen molar-refractivity contribution in [3.63, 3.8) is 0 Å². The highest BCUT2D eigenvalue weighted by Crippen LogP contribution is 2.14. The van der Waals surface area contributed by atoms with Gasteiger partial charge in [-0.05, 0) is 30.1 Å². The van der Waals surface area contributed by atoms with E-state index >= 15 is 0 Å². The predicted molar refractivity (Wildman–Crippen MR) is 93.5 cm³/mol. The maximum absolute atomic E-state index is 5.99. The Hall–Kier alpha value is -2.35. The maximum atomic E-state index is 5.99. The number of hydrogen-bond donors (Lipinski definition) is 1. The van der Waals surface area contributed by atoms with Crippen LogP contribution in [-0.4, -0.2) is 5.84 Å². The molecule has 0 amide bonds. The van der Waals surface area contributed by atoms with Gasteiger partial charge in [0.15, 0.2) is 0 Å². The number of hydrogen-bond acceptors (Lipinski definition) is 1. The molecule has 0 aliphatic carbocycles. The molecule has 2 N–H and O–H groups in total. The lowest BCUT2D eigenvalue weighted by molar-refractivity contribution is 0.866. The van der Waals surface area contributed by atoms with Gasteiger partial charge in [0.05, 0.1) is 0 Å². The standard InChI is InChI=1S/C19H24N2/c1-5-7-8-16(6-2)13-14-21-19(20)18-11-9-17(10-12-18)15(3)4/h5-15H,1H2,2-4H3,(H2,20,21)/b8-7-,14-13+,16-6+. The second-order valence-electron chi connectivity index (χ2n) is 4.99. The quantitative estimate of drug-likeness (QED) is 0.457. The van der Waals surface area contributed by atoms with Crippen molar-refractivity contribution in [1.29, 1.82) is 0 Å². The van der Waals surface area contributed by atoms with Crippen LogP contribution in [0.4, 0.5) is 0 Å². The molecule has 0 heterocycles. The summed E-state index contributed by atoms with van der Waals surface area (Å²) in [6, 6.07) is 8.21. The Morgan fingerprint density at radius 3 is 2.38 bits per heavy atom. The molecular formula is C19H24N2. The molecule has 1 aromatic rings. The molecule has 21 heavy (non-hydrogen) atoms. The van der Waals surface area contributed by atoms with E-state index in [1.54, 1.807) is 12.3 Å². The first-order valence-corrected chi connectivity index (χ1v) is 7.14. The molecule has 0 aliphatic heterocycles. The smallest absolute Gasteiger partial charge is 0.130 e. The third kappa shape index (κ3) is 5.65. The van der Waals surface area contributed by atoms with Crippen molar-refractivity contribution in [2.24, 2.45) is 10.7 Å². The van der Waals surface area contributed by atoms with Crippen LogP contribution in [-0.2, 0) is 0 Å². The summed E-state index contributed by atoms with van der Waals surface area (Å²) in [5.74, 6) is 1.04. The largest absolute Gasteiger partial charge is 0.383 e. The average molecular weight is 280 g/mol. The normalized spacial score (nSPS) is 13.5. The molecule has 0 atom stereocenters. The summed E-state index contributed by atoms with van der Waals surface area (Å²) < 4.78 is 0. The minimum atomic E-state index is 0.518. The van der Waals surface area contributed by atoms with E-state index in [4.69, 9.17) is 5.73 Å². The van der Waals surface area contributed by atoms with Crippen LogP contribution in [0.1, 0.15) is 37.8 Å². The summed E-state index contributed by atoms with van der Waals surface area (Å²) in [6.45, 7) is 9.97. The fourth-order valence-electron chi connectivity index (χ4n) is 1.74. The lowest BCUT2D eigenvalue weighted by Crippen LogP contribution is -2.12. The predicted octanol–water partition coefficient (Wildman–Crippen LogP) is 4.72. The lowest BCUT2D eigenvalue weighted by Gasteiger charge is -2.06. The molecule has 1 rings (SSSR count). The fourth-order valence-corrected chi connectivity index (χ4v) is 1.74. The van der Waals surface area contributed by atoms with Crippen molar-refractivity contribution >= 4 is 5.84 Å². The van der Waals surface area contributed by atoms with E-state index in [1.165, 1.54) is 5.56 Å². The maximum Gasteiger partial charge on any atom is 0.130 e. The van der Waals surface area contributed by atoms with Crippen molar-refractivity contribution < 1.29 is 0 Å². The van der Waals surface area contributed by atoms with Gasteiger partial charge in [0.1, 0.15) is 5.84 Å². The van der Waals surface area contributed by atoms with Gasteiger partial charge in [0.25, 0.3) is 0 Å². The Kier molecular flexibility index (Phi) is 6.96. The van der Waals surface area contributed by atoms with E-state index in [1.807, 2.05) is 43.4 Å². The Balaban J connectivity index is 2.80. The lowest BCUT2D eigenvalue weighted by atomic mass is 10.0. The summed E-state index contributed by atoms with van der Waals surface area (Å²) in [5, 5.41) is 0. The van der Waals surface area contributed by atoms with Gasteiger partial charge in [-0.2, -0.15) is 0 Å². The van der Waals surface area contributed by atoms with Crippen molar-refractivity contribution in [1.82, 2.24) is 0 Å². The van der Waals surface area contributed by atoms with Gasteiger partial charge in [-0.3, -0.25) is 0 Å². The molecule has 2 nitrogen and oxygen atoms in total. The monoisotopic (exact) mass is 280 g/mol. The second-order valence-corrected chi connectivity index (χ2v) is 4.99. The van der Waals surface area contributed by atoms with Gasteiger partial charge in [0, 0.05) is 11.8 Å². The first-order chi connectivity index (χ1) is 10.1. The highest BCUT2D eigenvalue weighted by atomic mass is 14.8. The first kappa shape index (κ1) is 16.7. The Bertz CT molecular complexity index is 570. The van der Waals surface area contributed by atoms with E-state index in [2.05, 4.69) is 37.6 Å². The number of benzene rings is 1. The number of rotatable bonds is 6. The number of amidine groups is 1. The molecule has 0 bridgehead atoms. The number of aliphatic imine (C=N–C) groups is 1. The summed E-state index contributed by atoms with van der Waals surface area (Å²) in [6.07, 6.45) is 11.2. The molecule has 110 valence electrons. The topological polar surface area (TPSA) is 38.4 Å². The van der Waals surface area contributed by atoms with Gasteiger partial charge in [-0.25, -0.2) is 4.99 Å². The molecule has 0 aliphatic rings. The van der Waals surface area contributed by atoms with Crippen molar-refractivity contribution in [2.45, 2.75) is 26.7 Å². The molecule has 0 unspecified atom stereocenters. The molecule has 1 aromatic carbocycles. The van der Waals surface area contributed by atoms with Crippen LogP contribution in [0.2, 0.25) is 0 Å². The van der Waals surface area contributed by atoms with Crippen LogP contribution in [0, 0.1) is 0 Å². The number of allylic oxidation sites excluding steroid dienone is 6. The van der Waals surface area contributed by atoms with Gasteiger partial charge < -0.3 is 5.73 Å². The van der Waals surface area contributed by atoms with Crippen LogP contribution in [0.5, 0.6) is 0 Å². The molecular weight excluding hydrogens is 256 g/mol. The Morgan fingerprint density at radius 2 is 1.86 bits per heavy atom. The molecule has 0 saturated heterocycles. The van der Waals surface area contributed by atoms with Gasteiger partial charge in [-0.1, -0.05) is 69.0 Å². The minimum Gasteiger partial charge on any atom is -0.383 e. The summed E-state index contributed by atoms with van der Waals surface area (Å²) >= 11 is 0. The molecule has 2 heteroatoms. The third-order valence-electron chi connectivity index (χ3n) is 3.11. The second kappa shape index (κ2) is 8.75. The summed E-state index contributed by atoms with van der Waals surface area (Å²) in [7, 11) is 0. The van der Waals surface area contributed by atoms with E-state index < -0.39 is 0 Å². The average Bonchev–Trinajstić information content (AvgIpc) is 2.50. The Morgan fingerprint density at radius 1 is 1.19 bits per heavy atom. The zero-order valence-electron chi connectivity index (χ0n) is 13.1. The summed E-state index contributed by atoms with van der Waals surface area (Å²) in [4.78, 5) is 4.28. The number of nitrogens with two attached hydrogens (primary N) is 1. The highest BCUT2D eigenvalue weighted by Gasteiger charge is 2.00. The first-order valence-electron chi connectivity index (χ1n) is 7.14. The Labute approximate surface area is 128 Å². The van der Waals surface area contributed by atoms with Crippen LogP contribution in [0.3, 0.4) is 0 Å². The van der Waals surface area contributed by atoms with E-state index in [9.17, 15) is 0 Å².